The molecule has 2 heterocycles. The first-order valence-electron chi connectivity index (χ1n) is 10.6. The lowest BCUT2D eigenvalue weighted by atomic mass is 9.72. The summed E-state index contributed by atoms with van der Waals surface area (Å²) in [5, 5.41) is 1.19. The molecule has 4 atom stereocenters. The van der Waals surface area contributed by atoms with Crippen LogP contribution in [-0.2, 0) is 30.3 Å². The molecule has 1 N–H and O–H groups in total. The van der Waals surface area contributed by atoms with E-state index in [2.05, 4.69) is 11.1 Å². The first-order chi connectivity index (χ1) is 14.4. The van der Waals surface area contributed by atoms with Gasteiger partial charge in [0.05, 0.1) is 0 Å². The standard InChI is InChI=1S/C23H28N2O5/c1-14(26)29-21-9-17-11-23(28)25(13-18(17)10-22(21)30-15(2)27)8-7-16-12-24-20-6-4-3-5-19(16)20/h3-6,12,17-18,21-22,24H,7-11,13H2,1-2H3/t17-,18-,21-,22+/m0/s1. The first kappa shape index (κ1) is 20.4. The molecule has 1 aromatic carbocycles. The number of hydrogen-bond acceptors (Lipinski definition) is 5. The molecule has 2 aliphatic rings. The zero-order valence-electron chi connectivity index (χ0n) is 17.4. The number of aromatic amines is 1. The van der Waals surface area contributed by atoms with E-state index in [1.54, 1.807) is 0 Å². The van der Waals surface area contributed by atoms with Gasteiger partial charge in [0.1, 0.15) is 12.2 Å². The van der Waals surface area contributed by atoms with E-state index in [-0.39, 0.29) is 23.7 Å². The van der Waals surface area contributed by atoms with E-state index in [0.29, 0.717) is 32.4 Å². The van der Waals surface area contributed by atoms with Crippen molar-refractivity contribution in [3.05, 3.63) is 36.0 Å². The van der Waals surface area contributed by atoms with E-state index < -0.39 is 18.2 Å². The number of benzene rings is 1. The van der Waals surface area contributed by atoms with Crippen molar-refractivity contribution in [2.45, 2.75) is 51.7 Å². The van der Waals surface area contributed by atoms with Crippen molar-refractivity contribution >= 4 is 28.7 Å². The Balaban J connectivity index is 1.42. The number of nitrogens with zero attached hydrogens (tertiary/aromatic N) is 1. The number of carbonyl (C=O) groups excluding carboxylic acids is 3. The maximum absolute atomic E-state index is 12.8. The predicted molar refractivity (Wildman–Crippen MR) is 111 cm³/mol. The van der Waals surface area contributed by atoms with E-state index in [1.807, 2.05) is 29.3 Å². The Morgan fingerprint density at radius 2 is 1.73 bits per heavy atom. The number of H-pyrrole nitrogens is 1. The van der Waals surface area contributed by atoms with Gasteiger partial charge in [-0.2, -0.15) is 0 Å². The van der Waals surface area contributed by atoms with Gasteiger partial charge in [0.25, 0.3) is 0 Å². The van der Waals surface area contributed by atoms with Crippen molar-refractivity contribution in [2.75, 3.05) is 13.1 Å². The van der Waals surface area contributed by atoms with Gasteiger partial charge in [-0.15, -0.1) is 0 Å². The smallest absolute Gasteiger partial charge is 0.303 e. The number of carbonyl (C=O) groups is 3. The van der Waals surface area contributed by atoms with Crippen LogP contribution in [0, 0.1) is 11.8 Å². The Morgan fingerprint density at radius 1 is 1.07 bits per heavy atom. The van der Waals surface area contributed by atoms with Crippen molar-refractivity contribution in [1.82, 2.24) is 9.88 Å². The highest BCUT2D eigenvalue weighted by molar-refractivity contribution is 5.83. The van der Waals surface area contributed by atoms with Crippen LogP contribution in [0.15, 0.2) is 30.5 Å². The van der Waals surface area contributed by atoms with Crippen LogP contribution in [0.3, 0.4) is 0 Å². The summed E-state index contributed by atoms with van der Waals surface area (Å²) in [5.74, 6) is -0.236. The van der Waals surface area contributed by atoms with Crippen LogP contribution in [0.4, 0.5) is 0 Å². The van der Waals surface area contributed by atoms with Crippen LogP contribution in [0.5, 0.6) is 0 Å². The Bertz CT molecular complexity index is 952. The Kier molecular flexibility index (Phi) is 5.79. The number of rotatable bonds is 5. The SMILES string of the molecule is CC(=O)O[C@H]1C[C@H]2CC(=O)N(CCc3c[nH]c4ccccc34)C[C@@H]2C[C@H]1OC(C)=O. The quantitative estimate of drug-likeness (QED) is 0.763. The van der Waals surface area contributed by atoms with Gasteiger partial charge in [-0.25, -0.2) is 0 Å². The van der Waals surface area contributed by atoms with Crippen LogP contribution in [0.1, 0.15) is 38.7 Å². The van der Waals surface area contributed by atoms with Crippen LogP contribution in [0.2, 0.25) is 0 Å². The third-order valence-electron chi connectivity index (χ3n) is 6.36. The third kappa shape index (κ3) is 4.35. The molecule has 0 unspecified atom stereocenters. The van der Waals surface area contributed by atoms with Crippen molar-refractivity contribution in [3.63, 3.8) is 0 Å². The van der Waals surface area contributed by atoms with Crippen LogP contribution < -0.4 is 0 Å². The molecule has 4 rings (SSSR count). The van der Waals surface area contributed by atoms with Crippen LogP contribution in [-0.4, -0.2) is 53.0 Å². The highest BCUT2D eigenvalue weighted by Crippen LogP contribution is 2.39. The molecule has 1 aliphatic heterocycles. The fraction of sp³-hybridized carbons (Fsp3) is 0.522. The number of piperidine rings is 1. The summed E-state index contributed by atoms with van der Waals surface area (Å²) < 4.78 is 10.9. The van der Waals surface area contributed by atoms with Crippen LogP contribution >= 0.6 is 0 Å². The molecule has 1 saturated carbocycles. The molecule has 0 spiro atoms. The second-order valence-electron chi connectivity index (χ2n) is 8.44. The summed E-state index contributed by atoms with van der Waals surface area (Å²) in [7, 11) is 0. The molecule has 1 saturated heterocycles. The van der Waals surface area contributed by atoms with Gasteiger partial charge >= 0.3 is 11.9 Å². The minimum absolute atomic E-state index is 0.142. The summed E-state index contributed by atoms with van der Waals surface area (Å²) in [6.07, 6.45) is 3.50. The molecule has 0 radical (unpaired) electrons. The summed E-state index contributed by atoms with van der Waals surface area (Å²) in [5.41, 5.74) is 2.31. The number of esters is 2. The predicted octanol–water partition coefficient (Wildman–Crippen LogP) is 2.83. The van der Waals surface area contributed by atoms with E-state index in [1.165, 1.54) is 24.8 Å². The molecule has 2 fully saturated rings. The molecule has 160 valence electrons. The maximum atomic E-state index is 12.8. The Hall–Kier alpha value is -2.83. The Labute approximate surface area is 175 Å². The van der Waals surface area contributed by atoms with E-state index in [4.69, 9.17) is 9.47 Å². The van der Waals surface area contributed by atoms with Crippen LogP contribution in [0.25, 0.3) is 10.9 Å². The van der Waals surface area contributed by atoms with Gasteiger partial charge < -0.3 is 19.4 Å². The topological polar surface area (TPSA) is 88.7 Å². The summed E-state index contributed by atoms with van der Waals surface area (Å²) in [4.78, 5) is 41.0. The summed E-state index contributed by atoms with van der Waals surface area (Å²) in [6.45, 7) is 4.04. The number of amides is 1. The molecule has 1 aromatic heterocycles. The lowest BCUT2D eigenvalue weighted by molar-refractivity contribution is -0.176. The Morgan fingerprint density at radius 3 is 2.43 bits per heavy atom. The zero-order chi connectivity index (χ0) is 21.3. The molecule has 7 nitrogen and oxygen atoms in total. The summed E-state index contributed by atoms with van der Waals surface area (Å²) in [6, 6.07) is 8.16. The number of hydrogen-bond donors (Lipinski definition) is 1. The highest BCUT2D eigenvalue weighted by Gasteiger charge is 2.44. The van der Waals surface area contributed by atoms with Gasteiger partial charge in [-0.3, -0.25) is 14.4 Å². The number of likely N-dealkylation sites (tertiary alicyclic amines) is 1. The van der Waals surface area contributed by atoms with Gasteiger partial charge in [-0.05, 0) is 42.7 Å². The lowest BCUT2D eigenvalue weighted by Gasteiger charge is -2.45. The number of ether oxygens (including phenoxy) is 2. The minimum atomic E-state index is -0.474. The van der Waals surface area contributed by atoms with Gasteiger partial charge in [0, 0.05) is 50.5 Å². The number of nitrogens with one attached hydrogen (secondary N) is 1. The number of aromatic nitrogens is 1. The average Bonchev–Trinajstić information content (AvgIpc) is 3.10. The second-order valence-corrected chi connectivity index (χ2v) is 8.44. The first-order valence-corrected chi connectivity index (χ1v) is 10.6. The number of fused-ring (bicyclic) bond motifs is 2. The van der Waals surface area contributed by atoms with Crippen molar-refractivity contribution in [1.29, 1.82) is 0 Å². The molecule has 30 heavy (non-hydrogen) atoms. The normalized spacial score (nSPS) is 26.3. The van der Waals surface area contributed by atoms with Crippen molar-refractivity contribution in [3.8, 4) is 0 Å². The maximum Gasteiger partial charge on any atom is 0.303 e. The fourth-order valence-electron chi connectivity index (χ4n) is 4.98. The molecule has 7 heteroatoms. The zero-order valence-corrected chi connectivity index (χ0v) is 17.4. The largest absolute Gasteiger partial charge is 0.459 e. The molecule has 2 aromatic rings. The third-order valence-corrected chi connectivity index (χ3v) is 6.36. The molecule has 0 bridgehead atoms. The minimum Gasteiger partial charge on any atom is -0.459 e. The molecule has 1 aliphatic carbocycles. The summed E-state index contributed by atoms with van der Waals surface area (Å²) >= 11 is 0. The molecular weight excluding hydrogens is 384 g/mol. The van der Waals surface area contributed by atoms with Gasteiger partial charge in [-0.1, -0.05) is 18.2 Å². The van der Waals surface area contributed by atoms with Gasteiger partial charge in [0.15, 0.2) is 0 Å². The lowest BCUT2D eigenvalue weighted by Crippen LogP contribution is -2.52. The van der Waals surface area contributed by atoms with E-state index in [0.717, 1.165) is 11.9 Å². The average molecular weight is 412 g/mol. The monoisotopic (exact) mass is 412 g/mol. The fourth-order valence-corrected chi connectivity index (χ4v) is 4.98. The van der Waals surface area contributed by atoms with Crippen molar-refractivity contribution < 1.29 is 23.9 Å². The van der Waals surface area contributed by atoms with E-state index >= 15 is 0 Å². The molecular formula is C23H28N2O5. The second kappa shape index (κ2) is 8.50. The van der Waals surface area contributed by atoms with Crippen molar-refractivity contribution in [2.24, 2.45) is 11.8 Å². The van der Waals surface area contributed by atoms with Gasteiger partial charge in [0.2, 0.25) is 5.91 Å². The molecule has 1 amide bonds. The highest BCUT2D eigenvalue weighted by atomic mass is 16.6. The number of para-hydroxylation sites is 1. The van der Waals surface area contributed by atoms with E-state index in [9.17, 15) is 14.4 Å².